The summed E-state index contributed by atoms with van der Waals surface area (Å²) in [6.45, 7) is 5.19. The molecule has 0 aromatic heterocycles. The van der Waals surface area contributed by atoms with Gasteiger partial charge in [-0.15, -0.1) is 0 Å². The highest BCUT2D eigenvalue weighted by Crippen LogP contribution is 2.17. The molecule has 0 spiro atoms. The first kappa shape index (κ1) is 23.4. The summed E-state index contributed by atoms with van der Waals surface area (Å²) in [5.41, 5.74) is 0. The van der Waals surface area contributed by atoms with Crippen LogP contribution in [0.2, 0.25) is 0 Å². The molecule has 1 heterocycles. The van der Waals surface area contributed by atoms with E-state index in [9.17, 15) is 14.4 Å². The second-order valence-corrected chi connectivity index (χ2v) is 7.35. The van der Waals surface area contributed by atoms with Gasteiger partial charge in [-0.1, -0.05) is 58.3 Å². The van der Waals surface area contributed by atoms with E-state index < -0.39 is 0 Å². The van der Waals surface area contributed by atoms with E-state index in [2.05, 4.69) is 12.2 Å². The van der Waals surface area contributed by atoms with Crippen molar-refractivity contribution in [3.63, 3.8) is 0 Å². The van der Waals surface area contributed by atoms with E-state index in [1.165, 1.54) is 25.7 Å². The topological polar surface area (TPSA) is 75.7 Å². The fraction of sp³-hybridized carbons (Fsp3) is 0.857. The number of nitrogens with zero attached hydrogens (tertiary/aromatic N) is 1. The summed E-state index contributed by atoms with van der Waals surface area (Å²) in [5, 5.41) is 2.73. The molecule has 1 N–H and O–H groups in total. The Morgan fingerprint density at radius 2 is 1.67 bits per heavy atom. The predicted molar refractivity (Wildman–Crippen MR) is 106 cm³/mol. The zero-order chi connectivity index (χ0) is 19.9. The predicted octanol–water partition coefficient (Wildman–Crippen LogP) is 3.58. The van der Waals surface area contributed by atoms with Crippen molar-refractivity contribution in [3.8, 4) is 0 Å². The van der Waals surface area contributed by atoms with Gasteiger partial charge in [0, 0.05) is 13.0 Å². The second kappa shape index (κ2) is 14.5. The highest BCUT2D eigenvalue weighted by atomic mass is 16.5. The molecular weight excluding hydrogens is 344 g/mol. The summed E-state index contributed by atoms with van der Waals surface area (Å²) < 4.78 is 4.92. The lowest BCUT2D eigenvalue weighted by Crippen LogP contribution is -2.58. The molecule has 0 radical (unpaired) electrons. The number of carbonyl (C=O) groups excluding carboxylic acids is 3. The average molecular weight is 383 g/mol. The van der Waals surface area contributed by atoms with Crippen molar-refractivity contribution >= 4 is 17.8 Å². The number of esters is 1. The van der Waals surface area contributed by atoms with Crippen molar-refractivity contribution in [3.05, 3.63) is 0 Å². The number of amides is 2. The lowest BCUT2D eigenvalue weighted by molar-refractivity contribution is -0.146. The highest BCUT2D eigenvalue weighted by Gasteiger charge is 2.33. The Morgan fingerprint density at radius 1 is 1.00 bits per heavy atom. The van der Waals surface area contributed by atoms with Gasteiger partial charge >= 0.3 is 5.97 Å². The van der Waals surface area contributed by atoms with Crippen LogP contribution in [-0.4, -0.2) is 48.4 Å². The number of unbranched alkanes of at least 4 members (excludes halogenated alkanes) is 8. The van der Waals surface area contributed by atoms with E-state index in [-0.39, 0.29) is 30.4 Å². The zero-order valence-electron chi connectivity index (χ0n) is 17.3. The van der Waals surface area contributed by atoms with E-state index in [1.54, 1.807) is 4.90 Å². The van der Waals surface area contributed by atoms with E-state index in [0.717, 1.165) is 44.9 Å². The SMILES string of the molecule is CCCCCCCCC1C(=O)NCC(=O)N1CCCCCCC(=O)OCC. The maximum atomic E-state index is 12.3. The summed E-state index contributed by atoms with van der Waals surface area (Å²) in [7, 11) is 0. The molecule has 0 aliphatic carbocycles. The van der Waals surface area contributed by atoms with E-state index in [0.29, 0.717) is 19.6 Å². The molecule has 0 bridgehead atoms. The molecule has 0 saturated carbocycles. The van der Waals surface area contributed by atoms with Crippen molar-refractivity contribution in [2.24, 2.45) is 0 Å². The quantitative estimate of drug-likeness (QED) is 0.347. The minimum atomic E-state index is -0.308. The first-order valence-corrected chi connectivity index (χ1v) is 10.8. The van der Waals surface area contributed by atoms with Gasteiger partial charge in [0.2, 0.25) is 11.8 Å². The summed E-state index contributed by atoms with van der Waals surface area (Å²) in [5.74, 6) is -0.123. The Kier molecular flexibility index (Phi) is 12.6. The van der Waals surface area contributed by atoms with E-state index in [1.807, 2.05) is 6.92 Å². The van der Waals surface area contributed by atoms with Gasteiger partial charge in [-0.2, -0.15) is 0 Å². The molecule has 156 valence electrons. The number of rotatable bonds is 15. The van der Waals surface area contributed by atoms with Crippen LogP contribution in [0.3, 0.4) is 0 Å². The fourth-order valence-electron chi connectivity index (χ4n) is 3.52. The lowest BCUT2D eigenvalue weighted by Gasteiger charge is -2.35. The van der Waals surface area contributed by atoms with Crippen molar-refractivity contribution in [1.29, 1.82) is 0 Å². The third kappa shape index (κ3) is 9.78. The minimum absolute atomic E-state index is 0.00882. The van der Waals surface area contributed by atoms with Gasteiger partial charge in [0.25, 0.3) is 0 Å². The van der Waals surface area contributed by atoms with E-state index >= 15 is 0 Å². The van der Waals surface area contributed by atoms with Gasteiger partial charge in [0.05, 0.1) is 13.2 Å². The van der Waals surface area contributed by atoms with Gasteiger partial charge in [0.15, 0.2) is 0 Å². The Labute approximate surface area is 164 Å². The van der Waals surface area contributed by atoms with Crippen LogP contribution in [0.5, 0.6) is 0 Å². The van der Waals surface area contributed by atoms with Gasteiger partial charge in [-0.25, -0.2) is 0 Å². The normalized spacial score (nSPS) is 17.1. The van der Waals surface area contributed by atoms with Gasteiger partial charge in [0.1, 0.15) is 6.04 Å². The number of nitrogens with one attached hydrogen (secondary N) is 1. The molecule has 2 amide bonds. The minimum Gasteiger partial charge on any atom is -0.466 e. The molecule has 27 heavy (non-hydrogen) atoms. The highest BCUT2D eigenvalue weighted by molar-refractivity contribution is 5.94. The van der Waals surface area contributed by atoms with Crippen LogP contribution < -0.4 is 5.32 Å². The van der Waals surface area contributed by atoms with Crippen molar-refractivity contribution in [1.82, 2.24) is 10.2 Å². The molecule has 1 aliphatic heterocycles. The average Bonchev–Trinajstić information content (AvgIpc) is 2.65. The van der Waals surface area contributed by atoms with Crippen LogP contribution >= 0.6 is 0 Å². The molecular formula is C21H38N2O4. The Hall–Kier alpha value is -1.59. The molecule has 0 aromatic rings. The number of carbonyl (C=O) groups is 3. The molecule has 1 fully saturated rings. The number of piperazine rings is 1. The van der Waals surface area contributed by atoms with Gasteiger partial charge in [-0.05, 0) is 26.2 Å². The molecule has 6 nitrogen and oxygen atoms in total. The monoisotopic (exact) mass is 382 g/mol. The Bertz CT molecular complexity index is 453. The molecule has 1 atom stereocenters. The summed E-state index contributed by atoms with van der Waals surface area (Å²) >= 11 is 0. The summed E-state index contributed by atoms with van der Waals surface area (Å²) in [4.78, 5) is 37.6. The standard InChI is InChI=1S/C21H38N2O4/c1-3-5-6-7-8-11-14-18-21(26)22-17-19(24)23(18)16-13-10-9-12-15-20(25)27-4-2/h18H,3-17H2,1-2H3,(H,22,26). The molecule has 0 aromatic carbocycles. The maximum Gasteiger partial charge on any atom is 0.305 e. The van der Waals surface area contributed by atoms with Crippen LogP contribution in [-0.2, 0) is 19.1 Å². The van der Waals surface area contributed by atoms with Gasteiger partial charge < -0.3 is 15.0 Å². The maximum absolute atomic E-state index is 12.3. The van der Waals surface area contributed by atoms with E-state index in [4.69, 9.17) is 4.74 Å². The Morgan fingerprint density at radius 3 is 2.41 bits per heavy atom. The van der Waals surface area contributed by atoms with Crippen LogP contribution in [0, 0.1) is 0 Å². The largest absolute Gasteiger partial charge is 0.466 e. The number of hydrogen-bond acceptors (Lipinski definition) is 4. The van der Waals surface area contributed by atoms with Crippen LogP contribution in [0.4, 0.5) is 0 Å². The van der Waals surface area contributed by atoms with Crippen molar-refractivity contribution in [2.75, 3.05) is 19.7 Å². The van der Waals surface area contributed by atoms with Crippen molar-refractivity contribution in [2.45, 2.75) is 96.9 Å². The summed E-state index contributed by atoms with van der Waals surface area (Å²) in [6.07, 6.45) is 11.9. The smallest absolute Gasteiger partial charge is 0.305 e. The number of hydrogen-bond donors (Lipinski definition) is 1. The molecule has 1 saturated heterocycles. The second-order valence-electron chi connectivity index (χ2n) is 7.35. The third-order valence-corrected chi connectivity index (χ3v) is 5.08. The summed E-state index contributed by atoms with van der Waals surface area (Å²) in [6, 6.07) is -0.308. The number of ether oxygens (including phenoxy) is 1. The molecule has 1 unspecified atom stereocenters. The third-order valence-electron chi connectivity index (χ3n) is 5.08. The van der Waals surface area contributed by atoms with Crippen LogP contribution in [0.1, 0.15) is 90.9 Å². The fourth-order valence-corrected chi connectivity index (χ4v) is 3.52. The first-order chi connectivity index (χ1) is 13.1. The Balaban J connectivity index is 2.28. The molecule has 1 rings (SSSR count). The van der Waals surface area contributed by atoms with Crippen LogP contribution in [0.25, 0.3) is 0 Å². The van der Waals surface area contributed by atoms with Crippen LogP contribution in [0.15, 0.2) is 0 Å². The zero-order valence-corrected chi connectivity index (χ0v) is 17.3. The van der Waals surface area contributed by atoms with Crippen molar-refractivity contribution < 1.29 is 19.1 Å². The molecule has 1 aliphatic rings. The molecule has 6 heteroatoms. The first-order valence-electron chi connectivity index (χ1n) is 10.8. The lowest BCUT2D eigenvalue weighted by atomic mass is 10.0. The van der Waals surface area contributed by atoms with Gasteiger partial charge in [-0.3, -0.25) is 14.4 Å².